The predicted octanol–water partition coefficient (Wildman–Crippen LogP) is 3.31. The van der Waals surface area contributed by atoms with E-state index in [0.717, 1.165) is 10.6 Å². The summed E-state index contributed by atoms with van der Waals surface area (Å²) in [5.41, 5.74) is 1.53. The van der Waals surface area contributed by atoms with Gasteiger partial charge in [0.15, 0.2) is 5.69 Å². The van der Waals surface area contributed by atoms with Crippen molar-refractivity contribution >= 4 is 23.2 Å². The van der Waals surface area contributed by atoms with Crippen molar-refractivity contribution in [3.05, 3.63) is 64.9 Å². The van der Waals surface area contributed by atoms with E-state index in [2.05, 4.69) is 20.3 Å². The maximum Gasteiger partial charge on any atom is 0.307 e. The lowest BCUT2D eigenvalue weighted by Crippen LogP contribution is -2.30. The number of carbonyl (C=O) groups is 2. The van der Waals surface area contributed by atoms with Crippen molar-refractivity contribution in [1.29, 1.82) is 0 Å². The van der Waals surface area contributed by atoms with Crippen LogP contribution in [-0.4, -0.2) is 29.2 Å². The van der Waals surface area contributed by atoms with Crippen LogP contribution in [0, 0.1) is 5.82 Å². The largest absolute Gasteiger partial charge is 0.469 e. The fraction of sp³-hybridized carbons (Fsp3) is 0.167. The third-order valence-corrected chi connectivity index (χ3v) is 4.68. The molecule has 2 N–H and O–H groups in total. The first kappa shape index (κ1) is 17.8. The second-order valence-electron chi connectivity index (χ2n) is 5.50. The molecule has 0 saturated heterocycles. The molecule has 0 radical (unpaired) electrons. The Kier molecular flexibility index (Phi) is 5.43. The monoisotopic (exact) mass is 373 g/mol. The molecule has 26 heavy (non-hydrogen) atoms. The highest BCUT2D eigenvalue weighted by Crippen LogP contribution is 2.24. The number of rotatable bonds is 6. The van der Waals surface area contributed by atoms with Crippen molar-refractivity contribution in [1.82, 2.24) is 15.5 Å². The highest BCUT2D eigenvalue weighted by molar-refractivity contribution is 7.13. The number of benzene rings is 1. The molecule has 0 aliphatic rings. The zero-order chi connectivity index (χ0) is 18.5. The number of nitrogens with one attached hydrogen (secondary N) is 2. The number of esters is 1. The Labute approximate surface area is 153 Å². The van der Waals surface area contributed by atoms with E-state index in [-0.39, 0.29) is 12.1 Å². The van der Waals surface area contributed by atoms with E-state index in [9.17, 15) is 14.0 Å². The average molecular weight is 373 g/mol. The van der Waals surface area contributed by atoms with Crippen molar-refractivity contribution in [3.8, 4) is 10.6 Å². The summed E-state index contributed by atoms with van der Waals surface area (Å²) >= 11 is 1.52. The van der Waals surface area contributed by atoms with Crippen LogP contribution >= 0.6 is 11.3 Å². The van der Waals surface area contributed by atoms with Crippen molar-refractivity contribution in [2.75, 3.05) is 7.11 Å². The number of nitrogens with zero attached hydrogens (tertiary/aromatic N) is 1. The Hall–Kier alpha value is -3.00. The smallest absolute Gasteiger partial charge is 0.307 e. The number of methoxy groups -OCH3 is 1. The predicted molar refractivity (Wildman–Crippen MR) is 95.1 cm³/mol. The fourth-order valence-corrected chi connectivity index (χ4v) is 3.12. The van der Waals surface area contributed by atoms with Crippen LogP contribution < -0.4 is 5.32 Å². The molecule has 0 bridgehead atoms. The zero-order valence-corrected chi connectivity index (χ0v) is 14.7. The molecule has 3 aromatic rings. The van der Waals surface area contributed by atoms with Crippen molar-refractivity contribution in [2.45, 2.75) is 12.5 Å². The molecule has 2 heterocycles. The number of hydrogen-bond acceptors (Lipinski definition) is 5. The molecular weight excluding hydrogens is 357 g/mol. The van der Waals surface area contributed by atoms with Crippen molar-refractivity contribution in [3.63, 3.8) is 0 Å². The highest BCUT2D eigenvalue weighted by atomic mass is 32.1. The van der Waals surface area contributed by atoms with E-state index in [1.54, 1.807) is 6.07 Å². The van der Waals surface area contributed by atoms with Gasteiger partial charge in [-0.15, -0.1) is 11.3 Å². The topological polar surface area (TPSA) is 84.1 Å². The summed E-state index contributed by atoms with van der Waals surface area (Å²) in [4.78, 5) is 25.2. The van der Waals surface area contributed by atoms with Gasteiger partial charge >= 0.3 is 5.97 Å². The molecule has 1 unspecified atom stereocenters. The van der Waals surface area contributed by atoms with Gasteiger partial charge in [-0.3, -0.25) is 14.7 Å². The van der Waals surface area contributed by atoms with E-state index in [4.69, 9.17) is 0 Å². The minimum Gasteiger partial charge on any atom is -0.469 e. The van der Waals surface area contributed by atoms with Gasteiger partial charge in [-0.1, -0.05) is 18.2 Å². The highest BCUT2D eigenvalue weighted by Gasteiger charge is 2.21. The molecule has 134 valence electrons. The summed E-state index contributed by atoms with van der Waals surface area (Å²) in [6.45, 7) is 0. The van der Waals surface area contributed by atoms with Gasteiger partial charge in [0.1, 0.15) is 5.82 Å². The standard InChI is InChI=1S/C18H16FN3O3S/c1-25-17(23)10-13(11-4-6-12(19)7-5-11)20-18(24)15-9-14(21-22-15)16-3-2-8-26-16/h2-9,13H,10H2,1H3,(H,20,24)(H,21,22). The molecule has 8 heteroatoms. The number of amides is 1. The number of thiophene rings is 1. The number of H-pyrrole nitrogens is 1. The minimum atomic E-state index is -0.655. The summed E-state index contributed by atoms with van der Waals surface area (Å²) in [6.07, 6.45) is -0.0733. The van der Waals surface area contributed by atoms with E-state index >= 15 is 0 Å². The number of carbonyl (C=O) groups excluding carboxylic acids is 2. The third kappa shape index (κ3) is 4.15. The fourth-order valence-electron chi connectivity index (χ4n) is 2.43. The maximum absolute atomic E-state index is 13.2. The summed E-state index contributed by atoms with van der Waals surface area (Å²) in [7, 11) is 1.27. The zero-order valence-electron chi connectivity index (χ0n) is 13.9. The lowest BCUT2D eigenvalue weighted by molar-refractivity contribution is -0.141. The van der Waals surface area contributed by atoms with E-state index < -0.39 is 23.7 Å². The summed E-state index contributed by atoms with van der Waals surface area (Å²) in [5, 5.41) is 11.5. The van der Waals surface area contributed by atoms with Crippen LogP contribution in [0.1, 0.15) is 28.5 Å². The van der Waals surface area contributed by atoms with Gasteiger partial charge in [0.25, 0.3) is 5.91 Å². The van der Waals surface area contributed by atoms with Crippen LogP contribution in [-0.2, 0) is 9.53 Å². The summed E-state index contributed by atoms with van der Waals surface area (Å²) in [6, 6.07) is 10.4. The van der Waals surface area contributed by atoms with E-state index in [1.165, 1.54) is 42.7 Å². The first-order valence-corrected chi connectivity index (χ1v) is 8.67. The van der Waals surface area contributed by atoms with Gasteiger partial charge < -0.3 is 10.1 Å². The first-order valence-electron chi connectivity index (χ1n) is 7.79. The van der Waals surface area contributed by atoms with Gasteiger partial charge in [0.2, 0.25) is 0 Å². The van der Waals surface area contributed by atoms with Gasteiger partial charge in [0.05, 0.1) is 30.1 Å². The van der Waals surface area contributed by atoms with Crippen LogP contribution in [0.2, 0.25) is 0 Å². The second-order valence-corrected chi connectivity index (χ2v) is 6.45. The second kappa shape index (κ2) is 7.92. The summed E-state index contributed by atoms with van der Waals surface area (Å²) < 4.78 is 17.8. The quantitative estimate of drug-likeness (QED) is 0.649. The SMILES string of the molecule is COC(=O)CC(NC(=O)c1cc(-c2cccs2)[nH]n1)c1ccc(F)cc1. The van der Waals surface area contributed by atoms with Crippen LogP contribution in [0.3, 0.4) is 0 Å². The number of halogens is 1. The van der Waals surface area contributed by atoms with Crippen molar-refractivity contribution in [2.24, 2.45) is 0 Å². The van der Waals surface area contributed by atoms with Crippen LogP contribution in [0.15, 0.2) is 47.8 Å². The van der Waals surface area contributed by atoms with Crippen LogP contribution in [0.25, 0.3) is 10.6 Å². The van der Waals surface area contributed by atoms with Crippen molar-refractivity contribution < 1.29 is 18.7 Å². The average Bonchev–Trinajstić information content (AvgIpc) is 3.33. The molecule has 2 aromatic heterocycles. The molecule has 0 spiro atoms. The molecule has 0 aliphatic carbocycles. The molecule has 6 nitrogen and oxygen atoms in total. The van der Waals surface area contributed by atoms with Crippen LogP contribution in [0.5, 0.6) is 0 Å². The maximum atomic E-state index is 13.2. The Morgan fingerprint density at radius 2 is 2.08 bits per heavy atom. The Morgan fingerprint density at radius 3 is 2.73 bits per heavy atom. The van der Waals surface area contributed by atoms with Gasteiger partial charge in [-0.25, -0.2) is 4.39 Å². The number of aromatic nitrogens is 2. The normalized spacial score (nSPS) is 11.8. The number of aromatic amines is 1. The molecular formula is C18H16FN3O3S. The molecule has 0 aliphatic heterocycles. The third-order valence-electron chi connectivity index (χ3n) is 3.77. The van der Waals surface area contributed by atoms with Gasteiger partial charge in [0, 0.05) is 0 Å². The number of hydrogen-bond donors (Lipinski definition) is 2. The Morgan fingerprint density at radius 1 is 1.31 bits per heavy atom. The van der Waals surface area contributed by atoms with E-state index in [1.807, 2.05) is 17.5 Å². The molecule has 1 amide bonds. The molecule has 0 saturated carbocycles. The Bertz CT molecular complexity index is 891. The molecule has 0 fully saturated rings. The lowest BCUT2D eigenvalue weighted by Gasteiger charge is -2.17. The lowest BCUT2D eigenvalue weighted by atomic mass is 10.0. The number of ether oxygens (including phenoxy) is 1. The van der Waals surface area contributed by atoms with Crippen LogP contribution in [0.4, 0.5) is 4.39 Å². The first-order chi connectivity index (χ1) is 12.6. The van der Waals surface area contributed by atoms with E-state index in [0.29, 0.717) is 5.56 Å². The van der Waals surface area contributed by atoms with Gasteiger partial charge in [-0.2, -0.15) is 5.10 Å². The Balaban J connectivity index is 1.78. The minimum absolute atomic E-state index is 0.0733. The van der Waals surface area contributed by atoms with Gasteiger partial charge in [-0.05, 0) is 35.2 Å². The molecule has 3 rings (SSSR count). The molecule has 1 atom stereocenters. The molecule has 1 aromatic carbocycles. The summed E-state index contributed by atoms with van der Waals surface area (Å²) in [5.74, 6) is -1.33.